The molecule has 0 saturated carbocycles. The van der Waals surface area contributed by atoms with E-state index in [1.807, 2.05) is 24.3 Å². The van der Waals surface area contributed by atoms with Gasteiger partial charge in [-0.2, -0.15) is 0 Å². The van der Waals surface area contributed by atoms with Crippen LogP contribution in [0.25, 0.3) is 21.5 Å². The van der Waals surface area contributed by atoms with Crippen LogP contribution >= 0.6 is 0 Å². The lowest BCUT2D eigenvalue weighted by Gasteiger charge is -2.19. The first kappa shape index (κ1) is 32.2. The maximum absolute atomic E-state index is 14.4. The van der Waals surface area contributed by atoms with E-state index in [0.717, 1.165) is 51.4 Å². The summed E-state index contributed by atoms with van der Waals surface area (Å²) < 4.78 is 37.5. The zero-order valence-electron chi connectivity index (χ0n) is 25.0. The van der Waals surface area contributed by atoms with Crippen LogP contribution in [0.4, 0.5) is 4.39 Å². The van der Waals surface area contributed by atoms with E-state index in [1.54, 1.807) is 6.07 Å². The fraction of sp³-hybridized carbons (Fsp3) is 0.529. The Labute approximate surface area is 243 Å². The normalized spacial score (nSPS) is 12.7. The number of carbonyl (C=O) groups is 2. The first-order valence-corrected chi connectivity index (χ1v) is 15.1. The van der Waals surface area contributed by atoms with E-state index in [4.69, 9.17) is 18.9 Å². The summed E-state index contributed by atoms with van der Waals surface area (Å²) in [7, 11) is 0. The fourth-order valence-corrected chi connectivity index (χ4v) is 4.95. The van der Waals surface area contributed by atoms with Crippen LogP contribution in [0.15, 0.2) is 42.5 Å². The van der Waals surface area contributed by atoms with E-state index >= 15 is 0 Å². The van der Waals surface area contributed by atoms with E-state index in [0.29, 0.717) is 58.1 Å². The second kappa shape index (κ2) is 16.8. The van der Waals surface area contributed by atoms with E-state index in [1.165, 1.54) is 12.1 Å². The van der Waals surface area contributed by atoms with Gasteiger partial charge in [0.15, 0.2) is 13.2 Å². The molecule has 224 valence electrons. The van der Waals surface area contributed by atoms with Crippen LogP contribution in [0.2, 0.25) is 0 Å². The SMILES string of the molecule is CCCCC(CC)COC(=O)COc1c2ccccc2c(OCC(=O)OCC(CC)CCCC)c2cc(F)ccc12. The molecule has 0 spiro atoms. The Morgan fingerprint density at radius 3 is 1.61 bits per heavy atom. The Kier molecular flexibility index (Phi) is 13.2. The molecular formula is C34H45FO6. The first-order chi connectivity index (χ1) is 19.9. The molecule has 2 atom stereocenters. The summed E-state index contributed by atoms with van der Waals surface area (Å²) in [6, 6.07) is 11.6. The molecule has 0 saturated heterocycles. The Bertz CT molecular complexity index is 1270. The topological polar surface area (TPSA) is 71.1 Å². The summed E-state index contributed by atoms with van der Waals surface area (Å²) in [5.41, 5.74) is 0. The van der Waals surface area contributed by atoms with Crippen LogP contribution < -0.4 is 9.47 Å². The minimum absolute atomic E-state index is 0.274. The number of esters is 2. The first-order valence-electron chi connectivity index (χ1n) is 15.1. The van der Waals surface area contributed by atoms with Crippen LogP contribution in [-0.2, 0) is 19.1 Å². The lowest BCUT2D eigenvalue weighted by molar-refractivity contribution is -0.148. The summed E-state index contributed by atoms with van der Waals surface area (Å²) in [4.78, 5) is 25.2. The molecule has 0 radical (unpaired) electrons. The fourth-order valence-electron chi connectivity index (χ4n) is 4.95. The van der Waals surface area contributed by atoms with Crippen molar-refractivity contribution in [3.8, 4) is 11.5 Å². The zero-order chi connectivity index (χ0) is 29.6. The quantitative estimate of drug-likeness (QED) is 0.113. The average Bonchev–Trinajstić information content (AvgIpc) is 2.99. The third-order valence-corrected chi connectivity index (χ3v) is 7.60. The summed E-state index contributed by atoms with van der Waals surface area (Å²) in [6.07, 6.45) is 8.33. The highest BCUT2D eigenvalue weighted by molar-refractivity contribution is 6.11. The third-order valence-electron chi connectivity index (χ3n) is 7.60. The van der Waals surface area contributed by atoms with Crippen LogP contribution in [0.5, 0.6) is 11.5 Å². The summed E-state index contributed by atoms with van der Waals surface area (Å²) in [5, 5.41) is 2.34. The molecule has 7 heteroatoms. The van der Waals surface area contributed by atoms with Crippen molar-refractivity contribution in [1.82, 2.24) is 0 Å². The van der Waals surface area contributed by atoms with E-state index in [2.05, 4.69) is 27.7 Å². The number of carbonyl (C=O) groups excluding carboxylic acids is 2. The van der Waals surface area contributed by atoms with Gasteiger partial charge >= 0.3 is 11.9 Å². The van der Waals surface area contributed by atoms with Crippen LogP contribution in [0.3, 0.4) is 0 Å². The monoisotopic (exact) mass is 568 g/mol. The van der Waals surface area contributed by atoms with Gasteiger partial charge < -0.3 is 18.9 Å². The van der Waals surface area contributed by atoms with Gasteiger partial charge in [-0.25, -0.2) is 14.0 Å². The van der Waals surface area contributed by atoms with Gasteiger partial charge in [-0.05, 0) is 42.9 Å². The van der Waals surface area contributed by atoms with Crippen LogP contribution in [0.1, 0.15) is 79.1 Å². The van der Waals surface area contributed by atoms with Gasteiger partial charge in [-0.3, -0.25) is 0 Å². The molecule has 0 aliphatic rings. The lowest BCUT2D eigenvalue weighted by atomic mass is 10.0. The van der Waals surface area contributed by atoms with Crippen molar-refractivity contribution in [1.29, 1.82) is 0 Å². The molecule has 6 nitrogen and oxygen atoms in total. The number of halogens is 1. The highest BCUT2D eigenvalue weighted by Gasteiger charge is 2.20. The van der Waals surface area contributed by atoms with Crippen molar-refractivity contribution < 1.29 is 32.9 Å². The summed E-state index contributed by atoms with van der Waals surface area (Å²) in [6.45, 7) is 8.63. The van der Waals surface area contributed by atoms with Gasteiger partial charge in [0.1, 0.15) is 17.3 Å². The molecule has 0 fully saturated rings. The van der Waals surface area contributed by atoms with Crippen molar-refractivity contribution >= 4 is 33.5 Å². The van der Waals surface area contributed by atoms with Gasteiger partial charge in [0.2, 0.25) is 0 Å². The van der Waals surface area contributed by atoms with Gasteiger partial charge in [-0.1, -0.05) is 90.5 Å². The predicted octanol–water partition coefficient (Wildman–Crippen LogP) is 8.41. The number of hydrogen-bond acceptors (Lipinski definition) is 6. The standard InChI is InChI=1S/C34H45FO6/c1-5-9-13-24(7-3)20-38-31(36)22-40-33-27-15-11-12-16-28(27)34(30-19-26(35)17-18-29(30)33)41-23-32(37)39-21-25(8-4)14-10-6-2/h11-12,15-19,24-25H,5-10,13-14,20-23H2,1-4H3. The molecule has 41 heavy (non-hydrogen) atoms. The Morgan fingerprint density at radius 2 is 1.15 bits per heavy atom. The molecule has 0 amide bonds. The molecule has 0 aliphatic carbocycles. The Balaban J connectivity index is 1.79. The van der Waals surface area contributed by atoms with E-state index in [9.17, 15) is 14.0 Å². The van der Waals surface area contributed by atoms with Gasteiger partial charge in [0, 0.05) is 21.5 Å². The van der Waals surface area contributed by atoms with E-state index in [-0.39, 0.29) is 13.2 Å². The maximum atomic E-state index is 14.4. The second-order valence-corrected chi connectivity index (χ2v) is 10.7. The molecular weight excluding hydrogens is 523 g/mol. The summed E-state index contributed by atoms with van der Waals surface area (Å²) in [5.74, 6) is 0.0689. The molecule has 2 unspecified atom stereocenters. The molecule has 3 rings (SSSR count). The largest absolute Gasteiger partial charge is 0.481 e. The minimum Gasteiger partial charge on any atom is -0.481 e. The number of unbranched alkanes of at least 4 members (excludes halogenated alkanes) is 2. The average molecular weight is 569 g/mol. The number of ether oxygens (including phenoxy) is 4. The number of hydrogen-bond donors (Lipinski definition) is 0. The maximum Gasteiger partial charge on any atom is 0.344 e. The highest BCUT2D eigenvalue weighted by atomic mass is 19.1. The zero-order valence-corrected chi connectivity index (χ0v) is 25.0. The van der Waals surface area contributed by atoms with Crippen molar-refractivity contribution in [2.75, 3.05) is 26.4 Å². The smallest absolute Gasteiger partial charge is 0.344 e. The summed E-state index contributed by atoms with van der Waals surface area (Å²) >= 11 is 0. The van der Waals surface area contributed by atoms with Crippen LogP contribution in [-0.4, -0.2) is 38.4 Å². The lowest BCUT2D eigenvalue weighted by Crippen LogP contribution is -2.20. The van der Waals surface area contributed by atoms with Gasteiger partial charge in [-0.15, -0.1) is 0 Å². The Hall–Kier alpha value is -3.35. The minimum atomic E-state index is -0.471. The molecule has 0 aromatic heterocycles. The van der Waals surface area contributed by atoms with Gasteiger partial charge in [0.25, 0.3) is 0 Å². The Morgan fingerprint density at radius 1 is 0.683 bits per heavy atom. The number of fused-ring (bicyclic) bond motifs is 2. The van der Waals surface area contributed by atoms with Crippen molar-refractivity contribution in [2.45, 2.75) is 79.1 Å². The molecule has 3 aromatic rings. The second-order valence-electron chi connectivity index (χ2n) is 10.7. The van der Waals surface area contributed by atoms with Crippen LogP contribution in [0, 0.1) is 17.7 Å². The van der Waals surface area contributed by atoms with Gasteiger partial charge in [0.05, 0.1) is 13.2 Å². The number of rotatable bonds is 18. The molecule has 3 aromatic carbocycles. The van der Waals surface area contributed by atoms with Crippen molar-refractivity contribution in [3.63, 3.8) is 0 Å². The predicted molar refractivity (Wildman–Crippen MR) is 161 cm³/mol. The van der Waals surface area contributed by atoms with Crippen molar-refractivity contribution in [2.24, 2.45) is 11.8 Å². The highest BCUT2D eigenvalue weighted by Crippen LogP contribution is 2.43. The van der Waals surface area contributed by atoms with E-state index < -0.39 is 17.8 Å². The number of benzene rings is 3. The molecule has 0 heterocycles. The molecule has 0 aliphatic heterocycles. The van der Waals surface area contributed by atoms with Crippen molar-refractivity contribution in [3.05, 3.63) is 48.3 Å². The molecule has 0 N–H and O–H groups in total. The molecule has 0 bridgehead atoms. The third kappa shape index (κ3) is 9.34.